The molecule has 2 aromatic rings. The van der Waals surface area contributed by atoms with Crippen LogP contribution in [-0.2, 0) is 13.1 Å². The Labute approximate surface area is 120 Å². The molecule has 3 rings (SSSR count). The monoisotopic (exact) mass is 272 g/mol. The molecular weight excluding hydrogens is 248 g/mol. The maximum absolute atomic E-state index is 6.02. The van der Waals surface area contributed by atoms with Crippen LogP contribution in [-0.4, -0.2) is 18.0 Å². The molecule has 1 aromatic heterocycles. The molecule has 2 heterocycles. The number of fused-ring (bicyclic) bond motifs is 1. The summed E-state index contributed by atoms with van der Waals surface area (Å²) < 4.78 is 6.02. The van der Waals surface area contributed by atoms with E-state index in [0.29, 0.717) is 12.0 Å². The highest BCUT2D eigenvalue weighted by Crippen LogP contribution is 2.32. The number of benzene rings is 1. The number of likely N-dealkylation sites (tertiary alicyclic amines) is 1. The number of nitrogens with zero attached hydrogens (tertiary/aromatic N) is 1. The van der Waals surface area contributed by atoms with Gasteiger partial charge in [-0.2, -0.15) is 0 Å². The standard InChI is InChI=1S/C17H24N2O/c1-17(2)7-9-19(10-8-17)12-16-14(11-18)13-5-3-4-6-15(13)20-16/h3-6H,7-12,18H2,1-2H3. The third-order valence-electron chi connectivity index (χ3n) is 4.56. The summed E-state index contributed by atoms with van der Waals surface area (Å²) in [7, 11) is 0. The Hall–Kier alpha value is -1.32. The van der Waals surface area contributed by atoms with Crippen LogP contribution in [0.15, 0.2) is 28.7 Å². The number of nitrogens with two attached hydrogens (primary N) is 1. The zero-order valence-electron chi connectivity index (χ0n) is 12.5. The normalized spacial score (nSPS) is 19.6. The lowest BCUT2D eigenvalue weighted by atomic mass is 9.82. The molecule has 108 valence electrons. The highest BCUT2D eigenvalue weighted by Gasteiger charge is 2.26. The first kappa shape index (κ1) is 13.7. The Morgan fingerprint density at radius 2 is 1.90 bits per heavy atom. The Morgan fingerprint density at radius 1 is 1.20 bits per heavy atom. The molecule has 1 aromatic carbocycles. The van der Waals surface area contributed by atoms with Crippen LogP contribution in [0.2, 0.25) is 0 Å². The largest absolute Gasteiger partial charge is 0.459 e. The van der Waals surface area contributed by atoms with E-state index in [1.54, 1.807) is 0 Å². The zero-order valence-corrected chi connectivity index (χ0v) is 12.5. The number of rotatable bonds is 3. The van der Waals surface area contributed by atoms with Gasteiger partial charge in [-0.25, -0.2) is 0 Å². The second-order valence-corrected chi connectivity index (χ2v) is 6.64. The first-order valence-corrected chi connectivity index (χ1v) is 7.51. The first-order chi connectivity index (χ1) is 9.59. The second kappa shape index (κ2) is 5.23. The van der Waals surface area contributed by atoms with Gasteiger partial charge in [0, 0.05) is 17.5 Å². The fourth-order valence-corrected chi connectivity index (χ4v) is 3.02. The van der Waals surface area contributed by atoms with Gasteiger partial charge in [-0.05, 0) is 37.4 Å². The molecule has 1 saturated heterocycles. The molecule has 0 atom stereocenters. The van der Waals surface area contributed by atoms with E-state index in [0.717, 1.165) is 31.0 Å². The molecule has 1 aliphatic heterocycles. The van der Waals surface area contributed by atoms with Gasteiger partial charge in [0.05, 0.1) is 6.54 Å². The third-order valence-corrected chi connectivity index (χ3v) is 4.56. The van der Waals surface area contributed by atoms with Gasteiger partial charge in [-0.1, -0.05) is 32.0 Å². The van der Waals surface area contributed by atoms with Crippen molar-refractivity contribution in [1.29, 1.82) is 0 Å². The quantitative estimate of drug-likeness (QED) is 0.929. The molecule has 0 radical (unpaired) electrons. The topological polar surface area (TPSA) is 42.4 Å². The van der Waals surface area contributed by atoms with Crippen LogP contribution < -0.4 is 5.73 Å². The van der Waals surface area contributed by atoms with E-state index < -0.39 is 0 Å². The van der Waals surface area contributed by atoms with E-state index in [4.69, 9.17) is 10.2 Å². The van der Waals surface area contributed by atoms with Crippen molar-refractivity contribution < 1.29 is 4.42 Å². The van der Waals surface area contributed by atoms with Gasteiger partial charge < -0.3 is 10.2 Å². The minimum atomic E-state index is 0.487. The summed E-state index contributed by atoms with van der Waals surface area (Å²) in [5.74, 6) is 1.05. The lowest BCUT2D eigenvalue weighted by molar-refractivity contribution is 0.120. The van der Waals surface area contributed by atoms with E-state index >= 15 is 0 Å². The van der Waals surface area contributed by atoms with E-state index in [9.17, 15) is 0 Å². The van der Waals surface area contributed by atoms with Crippen LogP contribution in [0.1, 0.15) is 38.0 Å². The number of furan rings is 1. The molecule has 0 aliphatic carbocycles. The van der Waals surface area contributed by atoms with Crippen molar-refractivity contribution in [2.24, 2.45) is 11.1 Å². The van der Waals surface area contributed by atoms with Gasteiger partial charge in [-0.15, -0.1) is 0 Å². The molecule has 0 spiro atoms. The Bertz CT molecular complexity index is 590. The van der Waals surface area contributed by atoms with Crippen molar-refractivity contribution in [3.63, 3.8) is 0 Å². The SMILES string of the molecule is CC1(C)CCN(Cc2oc3ccccc3c2CN)CC1. The predicted molar refractivity (Wildman–Crippen MR) is 82.4 cm³/mol. The van der Waals surface area contributed by atoms with Gasteiger partial charge in [0.2, 0.25) is 0 Å². The van der Waals surface area contributed by atoms with Crippen LogP contribution in [0, 0.1) is 5.41 Å². The van der Waals surface area contributed by atoms with Gasteiger partial charge in [0.15, 0.2) is 0 Å². The van der Waals surface area contributed by atoms with Crippen molar-refractivity contribution >= 4 is 11.0 Å². The summed E-state index contributed by atoms with van der Waals surface area (Å²) >= 11 is 0. The van der Waals surface area contributed by atoms with E-state index in [1.807, 2.05) is 18.2 Å². The van der Waals surface area contributed by atoms with Crippen LogP contribution in [0.25, 0.3) is 11.0 Å². The first-order valence-electron chi connectivity index (χ1n) is 7.51. The maximum atomic E-state index is 6.02. The number of piperidine rings is 1. The highest BCUT2D eigenvalue weighted by molar-refractivity contribution is 5.82. The third kappa shape index (κ3) is 2.60. The molecule has 20 heavy (non-hydrogen) atoms. The molecule has 1 aliphatic rings. The summed E-state index contributed by atoms with van der Waals surface area (Å²) in [6, 6.07) is 8.19. The molecule has 0 saturated carbocycles. The zero-order chi connectivity index (χ0) is 14.2. The summed E-state index contributed by atoms with van der Waals surface area (Å²) in [6.07, 6.45) is 2.51. The smallest absolute Gasteiger partial charge is 0.134 e. The number of hydrogen-bond donors (Lipinski definition) is 1. The minimum Gasteiger partial charge on any atom is -0.459 e. The maximum Gasteiger partial charge on any atom is 0.134 e. The average molecular weight is 272 g/mol. The van der Waals surface area contributed by atoms with Crippen LogP contribution in [0.4, 0.5) is 0 Å². The van der Waals surface area contributed by atoms with Gasteiger partial charge in [0.1, 0.15) is 11.3 Å². The molecule has 2 N–H and O–H groups in total. The van der Waals surface area contributed by atoms with E-state index in [2.05, 4.69) is 24.8 Å². The molecule has 0 amide bonds. The van der Waals surface area contributed by atoms with Gasteiger partial charge in [0.25, 0.3) is 0 Å². The summed E-state index contributed by atoms with van der Waals surface area (Å²) in [5.41, 5.74) is 8.55. The minimum absolute atomic E-state index is 0.487. The van der Waals surface area contributed by atoms with Crippen LogP contribution >= 0.6 is 0 Å². The lowest BCUT2D eigenvalue weighted by Crippen LogP contribution is -2.36. The molecule has 0 bridgehead atoms. The summed E-state index contributed by atoms with van der Waals surface area (Å²) in [6.45, 7) is 8.44. The van der Waals surface area contributed by atoms with E-state index in [1.165, 1.54) is 23.8 Å². The molecule has 3 heteroatoms. The molecular formula is C17H24N2O. The second-order valence-electron chi connectivity index (χ2n) is 6.64. The average Bonchev–Trinajstić information content (AvgIpc) is 2.78. The fourth-order valence-electron chi connectivity index (χ4n) is 3.02. The molecule has 1 fully saturated rings. The fraction of sp³-hybridized carbons (Fsp3) is 0.529. The van der Waals surface area contributed by atoms with Gasteiger partial charge >= 0.3 is 0 Å². The number of para-hydroxylation sites is 1. The van der Waals surface area contributed by atoms with Gasteiger partial charge in [-0.3, -0.25) is 4.90 Å². The van der Waals surface area contributed by atoms with Crippen LogP contribution in [0.3, 0.4) is 0 Å². The van der Waals surface area contributed by atoms with Crippen molar-refractivity contribution in [3.05, 3.63) is 35.6 Å². The van der Waals surface area contributed by atoms with Crippen molar-refractivity contribution in [2.45, 2.75) is 39.8 Å². The Kier molecular flexibility index (Phi) is 3.57. The van der Waals surface area contributed by atoms with E-state index in [-0.39, 0.29) is 0 Å². The summed E-state index contributed by atoms with van der Waals surface area (Å²) in [5, 5.41) is 1.17. The van der Waals surface area contributed by atoms with Crippen molar-refractivity contribution in [2.75, 3.05) is 13.1 Å². The van der Waals surface area contributed by atoms with Crippen molar-refractivity contribution in [3.8, 4) is 0 Å². The molecule has 3 nitrogen and oxygen atoms in total. The molecule has 0 unspecified atom stereocenters. The highest BCUT2D eigenvalue weighted by atomic mass is 16.3. The number of hydrogen-bond acceptors (Lipinski definition) is 3. The van der Waals surface area contributed by atoms with Crippen LogP contribution in [0.5, 0.6) is 0 Å². The summed E-state index contributed by atoms with van der Waals surface area (Å²) in [4.78, 5) is 2.49. The Balaban J connectivity index is 1.81. The Morgan fingerprint density at radius 3 is 2.60 bits per heavy atom. The lowest BCUT2D eigenvalue weighted by Gasteiger charge is -2.36. The van der Waals surface area contributed by atoms with Crippen molar-refractivity contribution in [1.82, 2.24) is 4.90 Å². The predicted octanol–water partition coefficient (Wildman–Crippen LogP) is 3.51.